The molecule has 0 aliphatic heterocycles. The molecule has 0 amide bonds. The van der Waals surface area contributed by atoms with E-state index in [0.717, 1.165) is 6.42 Å². The van der Waals surface area contributed by atoms with E-state index in [1.165, 1.54) is 5.56 Å². The lowest BCUT2D eigenvalue weighted by atomic mass is 10.1. The molecule has 0 spiro atoms. The van der Waals surface area contributed by atoms with Gasteiger partial charge in [-0.2, -0.15) is 0 Å². The summed E-state index contributed by atoms with van der Waals surface area (Å²) in [6.07, 6.45) is 6.22. The maximum absolute atomic E-state index is 5.32. The predicted molar refractivity (Wildman–Crippen MR) is 51.8 cm³/mol. The van der Waals surface area contributed by atoms with Crippen molar-refractivity contribution in [3.05, 3.63) is 35.9 Å². The first-order valence-electron chi connectivity index (χ1n) is 4.04. The van der Waals surface area contributed by atoms with Crippen molar-refractivity contribution in [2.45, 2.75) is 12.5 Å². The number of hydrogen-bond donors (Lipinski definition) is 1. The molecule has 0 bridgehead atoms. The van der Waals surface area contributed by atoms with Gasteiger partial charge >= 0.3 is 0 Å². The van der Waals surface area contributed by atoms with E-state index in [4.69, 9.17) is 6.42 Å². The quantitative estimate of drug-likeness (QED) is 0.658. The summed E-state index contributed by atoms with van der Waals surface area (Å²) in [6, 6.07) is 10.4. The molecule has 1 aromatic rings. The molecule has 12 heavy (non-hydrogen) atoms. The first-order valence-corrected chi connectivity index (χ1v) is 4.04. The highest BCUT2D eigenvalue weighted by atomic mass is 14.8. The highest BCUT2D eigenvalue weighted by Gasteiger charge is 2.00. The van der Waals surface area contributed by atoms with E-state index < -0.39 is 0 Å². The predicted octanol–water partition coefficient (Wildman–Crippen LogP) is 1.45. The lowest BCUT2D eigenvalue weighted by molar-refractivity contribution is 0.683. The van der Waals surface area contributed by atoms with E-state index in [-0.39, 0.29) is 6.04 Å². The third-order valence-corrected chi connectivity index (χ3v) is 1.83. The van der Waals surface area contributed by atoms with Crippen molar-refractivity contribution >= 4 is 0 Å². The van der Waals surface area contributed by atoms with Crippen molar-refractivity contribution < 1.29 is 0 Å². The van der Waals surface area contributed by atoms with Crippen LogP contribution in [0.15, 0.2) is 30.3 Å². The second-order valence-corrected chi connectivity index (χ2v) is 2.70. The van der Waals surface area contributed by atoms with Gasteiger partial charge < -0.3 is 5.32 Å². The fourth-order valence-corrected chi connectivity index (χ4v) is 1.09. The Balaban J connectivity index is 2.58. The Hall–Kier alpha value is -1.26. The maximum Gasteiger partial charge on any atom is 0.0725 e. The van der Waals surface area contributed by atoms with Crippen molar-refractivity contribution in [3.63, 3.8) is 0 Å². The van der Waals surface area contributed by atoms with Crippen LogP contribution >= 0.6 is 0 Å². The van der Waals surface area contributed by atoms with Crippen molar-refractivity contribution in [1.82, 2.24) is 5.32 Å². The molecule has 1 unspecified atom stereocenters. The molecule has 1 aromatic carbocycles. The SMILES string of the molecule is C#CC(Cc1ccccc1)NC. The van der Waals surface area contributed by atoms with E-state index in [2.05, 4.69) is 23.4 Å². The first kappa shape index (κ1) is 8.83. The van der Waals surface area contributed by atoms with Crippen molar-refractivity contribution in [3.8, 4) is 12.3 Å². The molecule has 62 valence electrons. The normalized spacial score (nSPS) is 12.0. The fourth-order valence-electron chi connectivity index (χ4n) is 1.09. The molecular formula is C11H13N. The number of likely N-dealkylation sites (N-methyl/N-ethyl adjacent to an activating group) is 1. The lowest BCUT2D eigenvalue weighted by Crippen LogP contribution is -2.25. The number of benzene rings is 1. The average molecular weight is 159 g/mol. The van der Waals surface area contributed by atoms with E-state index in [0.29, 0.717) is 0 Å². The topological polar surface area (TPSA) is 12.0 Å². The minimum absolute atomic E-state index is 0.146. The van der Waals surface area contributed by atoms with Crippen LogP contribution in [0.1, 0.15) is 5.56 Å². The van der Waals surface area contributed by atoms with Crippen LogP contribution in [0.3, 0.4) is 0 Å². The second-order valence-electron chi connectivity index (χ2n) is 2.70. The van der Waals surface area contributed by atoms with Crippen LogP contribution in [0.4, 0.5) is 0 Å². The van der Waals surface area contributed by atoms with Gasteiger partial charge in [0.1, 0.15) is 0 Å². The summed E-state index contributed by atoms with van der Waals surface area (Å²) in [7, 11) is 1.88. The molecule has 0 aliphatic carbocycles. The molecule has 1 nitrogen and oxygen atoms in total. The molecule has 0 saturated carbocycles. The van der Waals surface area contributed by atoms with Gasteiger partial charge in [-0.1, -0.05) is 36.3 Å². The van der Waals surface area contributed by atoms with Gasteiger partial charge in [0, 0.05) is 0 Å². The second kappa shape index (κ2) is 4.58. The molecule has 1 heteroatoms. The molecule has 1 N–H and O–H groups in total. The van der Waals surface area contributed by atoms with Gasteiger partial charge in [0.05, 0.1) is 6.04 Å². The van der Waals surface area contributed by atoms with Crippen LogP contribution in [0.2, 0.25) is 0 Å². The van der Waals surface area contributed by atoms with Crippen LogP contribution in [0.25, 0.3) is 0 Å². The van der Waals surface area contributed by atoms with Gasteiger partial charge in [0.2, 0.25) is 0 Å². The third kappa shape index (κ3) is 2.41. The summed E-state index contributed by atoms with van der Waals surface area (Å²) < 4.78 is 0. The third-order valence-electron chi connectivity index (χ3n) is 1.83. The number of terminal acetylenes is 1. The summed E-state index contributed by atoms with van der Waals surface area (Å²) in [5.41, 5.74) is 1.27. The zero-order valence-electron chi connectivity index (χ0n) is 7.25. The summed E-state index contributed by atoms with van der Waals surface area (Å²) >= 11 is 0. The number of nitrogens with one attached hydrogen (secondary N) is 1. The molecule has 1 rings (SSSR count). The van der Waals surface area contributed by atoms with E-state index >= 15 is 0 Å². The van der Waals surface area contributed by atoms with Crippen LogP contribution in [-0.4, -0.2) is 13.1 Å². The lowest BCUT2D eigenvalue weighted by Gasteiger charge is -2.08. The molecule has 0 aromatic heterocycles. The summed E-state index contributed by atoms with van der Waals surface area (Å²) in [5, 5.41) is 3.06. The standard InChI is InChI=1S/C11H13N/c1-3-11(12-2)9-10-7-5-4-6-8-10/h1,4-8,11-12H,9H2,2H3. The molecule has 0 radical (unpaired) electrons. The molecule has 0 aliphatic rings. The Morgan fingerprint density at radius 1 is 1.42 bits per heavy atom. The number of rotatable bonds is 3. The largest absolute Gasteiger partial charge is 0.306 e. The van der Waals surface area contributed by atoms with Crippen molar-refractivity contribution in [1.29, 1.82) is 0 Å². The minimum Gasteiger partial charge on any atom is -0.306 e. The van der Waals surface area contributed by atoms with E-state index in [1.54, 1.807) is 0 Å². The van der Waals surface area contributed by atoms with E-state index in [9.17, 15) is 0 Å². The maximum atomic E-state index is 5.32. The Labute approximate surface area is 73.8 Å². The van der Waals surface area contributed by atoms with Crippen LogP contribution < -0.4 is 5.32 Å². The highest BCUT2D eigenvalue weighted by molar-refractivity contribution is 5.18. The van der Waals surface area contributed by atoms with Gasteiger partial charge in [0.25, 0.3) is 0 Å². The molecule has 0 heterocycles. The van der Waals surface area contributed by atoms with Gasteiger partial charge in [-0.05, 0) is 19.0 Å². The Bertz CT molecular complexity index is 258. The Morgan fingerprint density at radius 2 is 2.08 bits per heavy atom. The molecule has 0 saturated heterocycles. The smallest absolute Gasteiger partial charge is 0.0725 e. The highest BCUT2D eigenvalue weighted by Crippen LogP contribution is 2.01. The summed E-state index contributed by atoms with van der Waals surface area (Å²) in [4.78, 5) is 0. The Kier molecular flexibility index (Phi) is 3.37. The summed E-state index contributed by atoms with van der Waals surface area (Å²) in [6.45, 7) is 0. The summed E-state index contributed by atoms with van der Waals surface area (Å²) in [5.74, 6) is 2.69. The monoisotopic (exact) mass is 159 g/mol. The van der Waals surface area contributed by atoms with Gasteiger partial charge in [-0.15, -0.1) is 6.42 Å². The molecular weight excluding hydrogens is 146 g/mol. The van der Waals surface area contributed by atoms with Crippen molar-refractivity contribution in [2.24, 2.45) is 0 Å². The van der Waals surface area contributed by atoms with Gasteiger partial charge in [0.15, 0.2) is 0 Å². The Morgan fingerprint density at radius 3 is 2.58 bits per heavy atom. The molecule has 0 fully saturated rings. The first-order chi connectivity index (χ1) is 5.86. The van der Waals surface area contributed by atoms with Crippen molar-refractivity contribution in [2.75, 3.05) is 7.05 Å². The van der Waals surface area contributed by atoms with Crippen LogP contribution in [0.5, 0.6) is 0 Å². The zero-order chi connectivity index (χ0) is 8.81. The van der Waals surface area contributed by atoms with Crippen LogP contribution in [0, 0.1) is 12.3 Å². The molecule has 1 atom stereocenters. The zero-order valence-corrected chi connectivity index (χ0v) is 7.25. The number of hydrogen-bond acceptors (Lipinski definition) is 1. The fraction of sp³-hybridized carbons (Fsp3) is 0.273. The van der Waals surface area contributed by atoms with Gasteiger partial charge in [-0.3, -0.25) is 0 Å². The van der Waals surface area contributed by atoms with E-state index in [1.807, 2.05) is 25.2 Å². The average Bonchev–Trinajstić information content (AvgIpc) is 2.16. The minimum atomic E-state index is 0.146. The van der Waals surface area contributed by atoms with Crippen LogP contribution in [-0.2, 0) is 6.42 Å². The van der Waals surface area contributed by atoms with Gasteiger partial charge in [-0.25, -0.2) is 0 Å².